The first-order valence-corrected chi connectivity index (χ1v) is 7.43. The van der Waals surface area contributed by atoms with Crippen LogP contribution in [0.4, 0.5) is 0 Å². The summed E-state index contributed by atoms with van der Waals surface area (Å²) in [5.74, 6) is 0.459. The molecule has 1 aromatic carbocycles. The number of benzene rings is 1. The van der Waals surface area contributed by atoms with Gasteiger partial charge < -0.3 is 5.32 Å². The molecule has 2 nitrogen and oxygen atoms in total. The Kier molecular flexibility index (Phi) is 6.41. The van der Waals surface area contributed by atoms with Crippen LogP contribution >= 0.6 is 15.9 Å². The van der Waals surface area contributed by atoms with Gasteiger partial charge in [0.1, 0.15) is 0 Å². The predicted molar refractivity (Wildman–Crippen MR) is 80.1 cm³/mol. The summed E-state index contributed by atoms with van der Waals surface area (Å²) in [6.07, 6.45) is 1.88. The number of hydrogen-bond acceptors (Lipinski definition) is 1. The molecule has 1 rings (SSSR count). The van der Waals surface area contributed by atoms with Gasteiger partial charge in [0.05, 0.1) is 4.83 Å². The van der Waals surface area contributed by atoms with E-state index in [1.807, 2.05) is 0 Å². The van der Waals surface area contributed by atoms with Crippen molar-refractivity contribution in [3.05, 3.63) is 35.4 Å². The molecule has 100 valence electrons. The van der Waals surface area contributed by atoms with Gasteiger partial charge >= 0.3 is 0 Å². The molecular formula is C15H22BrNO. The van der Waals surface area contributed by atoms with Crippen LogP contribution in [-0.2, 0) is 11.2 Å². The molecule has 0 bridgehead atoms. The Morgan fingerprint density at radius 1 is 1.33 bits per heavy atom. The van der Waals surface area contributed by atoms with E-state index in [4.69, 9.17) is 0 Å². The number of aryl methyl sites for hydroxylation is 1. The van der Waals surface area contributed by atoms with Crippen molar-refractivity contribution in [3.8, 4) is 0 Å². The number of rotatable bonds is 6. The Hall–Kier alpha value is -0.830. The SMILES string of the molecule is CCC(C)C(Br)C(=O)NCCc1ccc(C)cc1. The van der Waals surface area contributed by atoms with Gasteiger partial charge in [0.25, 0.3) is 0 Å². The van der Waals surface area contributed by atoms with E-state index in [0.29, 0.717) is 12.5 Å². The van der Waals surface area contributed by atoms with Crippen molar-refractivity contribution < 1.29 is 4.79 Å². The summed E-state index contributed by atoms with van der Waals surface area (Å²) < 4.78 is 0. The minimum Gasteiger partial charge on any atom is -0.355 e. The molecule has 0 aliphatic heterocycles. The van der Waals surface area contributed by atoms with Gasteiger partial charge in [-0.3, -0.25) is 4.79 Å². The normalized spacial score (nSPS) is 14.0. The van der Waals surface area contributed by atoms with E-state index < -0.39 is 0 Å². The maximum atomic E-state index is 11.8. The second kappa shape index (κ2) is 7.57. The van der Waals surface area contributed by atoms with Crippen LogP contribution in [0.15, 0.2) is 24.3 Å². The molecule has 0 aliphatic carbocycles. The fraction of sp³-hybridized carbons (Fsp3) is 0.533. The third kappa shape index (κ3) is 4.81. The molecule has 0 aliphatic rings. The standard InChI is InChI=1S/C15H22BrNO/c1-4-12(3)14(16)15(18)17-10-9-13-7-5-11(2)6-8-13/h5-8,12,14H,4,9-10H2,1-3H3,(H,17,18). The maximum Gasteiger partial charge on any atom is 0.234 e. The second-order valence-corrected chi connectivity index (χ2v) is 5.80. The first kappa shape index (κ1) is 15.2. The number of nitrogens with one attached hydrogen (secondary N) is 1. The lowest BCUT2D eigenvalue weighted by Crippen LogP contribution is -2.35. The number of halogens is 1. The summed E-state index contributed by atoms with van der Waals surface area (Å²) in [4.78, 5) is 11.7. The molecule has 0 aromatic heterocycles. The second-order valence-electron chi connectivity index (χ2n) is 4.81. The largest absolute Gasteiger partial charge is 0.355 e. The topological polar surface area (TPSA) is 29.1 Å². The molecule has 0 saturated heterocycles. The van der Waals surface area contributed by atoms with Crippen LogP contribution in [-0.4, -0.2) is 17.3 Å². The highest BCUT2D eigenvalue weighted by atomic mass is 79.9. The summed E-state index contributed by atoms with van der Waals surface area (Å²) in [7, 11) is 0. The van der Waals surface area contributed by atoms with Crippen molar-refractivity contribution >= 4 is 21.8 Å². The highest BCUT2D eigenvalue weighted by Crippen LogP contribution is 2.15. The molecule has 0 saturated carbocycles. The van der Waals surface area contributed by atoms with Gasteiger partial charge in [0, 0.05) is 6.54 Å². The fourth-order valence-corrected chi connectivity index (χ4v) is 2.18. The smallest absolute Gasteiger partial charge is 0.234 e. The van der Waals surface area contributed by atoms with Gasteiger partial charge in [-0.1, -0.05) is 66.0 Å². The number of carbonyl (C=O) groups is 1. The van der Waals surface area contributed by atoms with E-state index in [1.165, 1.54) is 11.1 Å². The third-order valence-corrected chi connectivity index (χ3v) is 4.55. The van der Waals surface area contributed by atoms with Gasteiger partial charge in [0.15, 0.2) is 0 Å². The van der Waals surface area contributed by atoms with Gasteiger partial charge in [-0.15, -0.1) is 0 Å². The van der Waals surface area contributed by atoms with Gasteiger partial charge in [-0.25, -0.2) is 0 Å². The zero-order chi connectivity index (χ0) is 13.5. The molecule has 1 aromatic rings. The highest BCUT2D eigenvalue weighted by Gasteiger charge is 2.19. The zero-order valence-corrected chi connectivity index (χ0v) is 13.0. The quantitative estimate of drug-likeness (QED) is 0.801. The Balaban J connectivity index is 2.33. The van der Waals surface area contributed by atoms with E-state index in [-0.39, 0.29) is 10.7 Å². The third-order valence-electron chi connectivity index (χ3n) is 3.23. The molecule has 0 heterocycles. The minimum absolute atomic E-state index is 0.0829. The summed E-state index contributed by atoms with van der Waals surface area (Å²) in [5, 5.41) is 2.97. The lowest BCUT2D eigenvalue weighted by molar-refractivity contribution is -0.121. The lowest BCUT2D eigenvalue weighted by Gasteiger charge is -2.16. The van der Waals surface area contributed by atoms with Crippen molar-refractivity contribution in [1.29, 1.82) is 0 Å². The number of amides is 1. The van der Waals surface area contributed by atoms with Crippen LogP contribution < -0.4 is 5.32 Å². The van der Waals surface area contributed by atoms with Crippen LogP contribution in [0.5, 0.6) is 0 Å². The molecule has 18 heavy (non-hydrogen) atoms. The van der Waals surface area contributed by atoms with Crippen LogP contribution in [0, 0.1) is 12.8 Å². The zero-order valence-electron chi connectivity index (χ0n) is 11.4. The molecule has 3 heteroatoms. The summed E-state index contributed by atoms with van der Waals surface area (Å²) in [6.45, 7) is 6.95. The monoisotopic (exact) mass is 311 g/mol. The van der Waals surface area contributed by atoms with Crippen LogP contribution in [0.25, 0.3) is 0 Å². The lowest BCUT2D eigenvalue weighted by atomic mass is 10.0. The molecular weight excluding hydrogens is 290 g/mol. The molecule has 2 atom stereocenters. The maximum absolute atomic E-state index is 11.8. The Morgan fingerprint density at radius 2 is 1.94 bits per heavy atom. The first-order chi connectivity index (χ1) is 8.54. The van der Waals surface area contributed by atoms with Crippen molar-refractivity contribution in [2.24, 2.45) is 5.92 Å². The van der Waals surface area contributed by atoms with Crippen molar-refractivity contribution in [2.45, 2.75) is 38.4 Å². The van der Waals surface area contributed by atoms with Crippen molar-refractivity contribution in [3.63, 3.8) is 0 Å². The molecule has 1 N–H and O–H groups in total. The molecule has 0 spiro atoms. The predicted octanol–water partition coefficient (Wildman–Crippen LogP) is 3.46. The van der Waals surface area contributed by atoms with Crippen molar-refractivity contribution in [2.75, 3.05) is 6.54 Å². The van der Waals surface area contributed by atoms with Gasteiger partial charge in [-0.05, 0) is 24.8 Å². The Morgan fingerprint density at radius 3 is 2.50 bits per heavy atom. The molecule has 0 radical (unpaired) electrons. The highest BCUT2D eigenvalue weighted by molar-refractivity contribution is 9.10. The number of carbonyl (C=O) groups excluding carboxylic acids is 1. The average molecular weight is 312 g/mol. The van der Waals surface area contributed by atoms with E-state index >= 15 is 0 Å². The van der Waals surface area contributed by atoms with E-state index in [9.17, 15) is 4.79 Å². The minimum atomic E-state index is -0.0829. The van der Waals surface area contributed by atoms with Crippen LogP contribution in [0.3, 0.4) is 0 Å². The fourth-order valence-electron chi connectivity index (χ4n) is 1.65. The summed E-state index contributed by atoms with van der Waals surface area (Å²) >= 11 is 3.45. The molecule has 1 amide bonds. The van der Waals surface area contributed by atoms with Crippen LogP contribution in [0.2, 0.25) is 0 Å². The Labute approximate surface area is 118 Å². The van der Waals surface area contributed by atoms with E-state index in [2.05, 4.69) is 66.3 Å². The van der Waals surface area contributed by atoms with E-state index in [1.54, 1.807) is 0 Å². The van der Waals surface area contributed by atoms with Gasteiger partial charge in [-0.2, -0.15) is 0 Å². The van der Waals surface area contributed by atoms with E-state index in [0.717, 1.165) is 12.8 Å². The first-order valence-electron chi connectivity index (χ1n) is 6.52. The molecule has 2 unspecified atom stereocenters. The average Bonchev–Trinajstić information content (AvgIpc) is 2.39. The number of hydrogen-bond donors (Lipinski definition) is 1. The number of alkyl halides is 1. The summed E-state index contributed by atoms with van der Waals surface area (Å²) in [5.41, 5.74) is 2.52. The Bertz CT molecular complexity index is 375. The van der Waals surface area contributed by atoms with Crippen molar-refractivity contribution in [1.82, 2.24) is 5.32 Å². The summed E-state index contributed by atoms with van der Waals surface area (Å²) in [6, 6.07) is 8.43. The molecule has 0 fully saturated rings. The van der Waals surface area contributed by atoms with Crippen LogP contribution in [0.1, 0.15) is 31.4 Å². The van der Waals surface area contributed by atoms with Gasteiger partial charge in [0.2, 0.25) is 5.91 Å².